The molecule has 0 amide bonds. The van der Waals surface area contributed by atoms with E-state index in [0.29, 0.717) is 4.90 Å². The summed E-state index contributed by atoms with van der Waals surface area (Å²) in [4.78, 5) is 12.2. The van der Waals surface area contributed by atoms with Crippen molar-refractivity contribution in [2.45, 2.75) is 44.3 Å². The number of benzene rings is 1. The third-order valence-corrected chi connectivity index (χ3v) is 3.24. The number of aliphatic hydroxyl groups is 1. The molecule has 1 N–H and O–H groups in total. The van der Waals surface area contributed by atoms with Crippen LogP contribution in [-0.2, 0) is 9.53 Å². The molecule has 0 aliphatic rings. The third kappa shape index (κ3) is 5.20. The van der Waals surface area contributed by atoms with Gasteiger partial charge in [-0.25, -0.2) is 4.39 Å². The first kappa shape index (κ1) is 16.0. The van der Waals surface area contributed by atoms with Crippen LogP contribution in [0.25, 0.3) is 0 Å². The number of carbonyl (C=O) groups is 1. The van der Waals surface area contributed by atoms with Gasteiger partial charge in [-0.15, -0.1) is 11.8 Å². The topological polar surface area (TPSA) is 46.5 Å². The molecule has 0 bridgehead atoms. The van der Waals surface area contributed by atoms with Crippen LogP contribution in [0.5, 0.6) is 0 Å². The lowest BCUT2D eigenvalue weighted by Crippen LogP contribution is -2.24. The van der Waals surface area contributed by atoms with Crippen molar-refractivity contribution in [1.29, 1.82) is 0 Å². The van der Waals surface area contributed by atoms with Crippen LogP contribution in [0.2, 0.25) is 0 Å². The minimum absolute atomic E-state index is 0.0838. The highest BCUT2D eigenvalue weighted by atomic mass is 32.2. The number of hydrogen-bond acceptors (Lipinski definition) is 4. The molecule has 5 heteroatoms. The van der Waals surface area contributed by atoms with Gasteiger partial charge in [-0.1, -0.05) is 6.07 Å². The minimum atomic E-state index is -0.915. The second-order valence-electron chi connectivity index (χ2n) is 5.20. The molecule has 1 atom stereocenters. The Morgan fingerprint density at radius 2 is 2.11 bits per heavy atom. The van der Waals surface area contributed by atoms with Crippen LogP contribution in [0.4, 0.5) is 4.39 Å². The molecule has 0 spiro atoms. The first-order chi connectivity index (χ1) is 8.70. The van der Waals surface area contributed by atoms with E-state index in [2.05, 4.69) is 0 Å². The fourth-order valence-corrected chi connectivity index (χ4v) is 2.49. The molecule has 1 rings (SSSR count). The van der Waals surface area contributed by atoms with Crippen molar-refractivity contribution in [1.82, 2.24) is 0 Å². The number of ether oxygens (including phenoxy) is 1. The number of rotatable bonds is 4. The van der Waals surface area contributed by atoms with Crippen molar-refractivity contribution in [3.8, 4) is 0 Å². The van der Waals surface area contributed by atoms with Gasteiger partial charge in [0, 0.05) is 10.5 Å². The lowest BCUT2D eigenvalue weighted by molar-refractivity contribution is -0.151. The fourth-order valence-electron chi connectivity index (χ4n) is 1.56. The lowest BCUT2D eigenvalue weighted by Gasteiger charge is -2.19. The molecule has 0 saturated carbocycles. The Labute approximate surface area is 117 Å². The Hall–Kier alpha value is -1.07. The molecule has 0 heterocycles. The molecule has 1 unspecified atom stereocenters. The van der Waals surface area contributed by atoms with Gasteiger partial charge in [-0.2, -0.15) is 0 Å². The SMILES string of the molecule is CC(O)c1c(F)cccc1SCC(=O)OC(C)(C)C. The van der Waals surface area contributed by atoms with Crippen molar-refractivity contribution in [3.05, 3.63) is 29.6 Å². The monoisotopic (exact) mass is 286 g/mol. The van der Waals surface area contributed by atoms with Crippen LogP contribution >= 0.6 is 11.8 Å². The molecule has 0 radical (unpaired) electrons. The highest BCUT2D eigenvalue weighted by molar-refractivity contribution is 8.00. The predicted octanol–water partition coefficient (Wildman–Crippen LogP) is 3.31. The van der Waals surface area contributed by atoms with E-state index in [1.807, 2.05) is 0 Å². The summed E-state index contributed by atoms with van der Waals surface area (Å²) in [5, 5.41) is 9.57. The van der Waals surface area contributed by atoms with E-state index < -0.39 is 17.5 Å². The maximum absolute atomic E-state index is 13.6. The summed E-state index contributed by atoms with van der Waals surface area (Å²) in [7, 11) is 0. The number of hydrogen-bond donors (Lipinski definition) is 1. The van der Waals surface area contributed by atoms with Crippen molar-refractivity contribution in [2.24, 2.45) is 0 Å². The molecule has 0 saturated heterocycles. The molecular formula is C14H19FO3S. The van der Waals surface area contributed by atoms with Crippen LogP contribution in [0.3, 0.4) is 0 Å². The van der Waals surface area contributed by atoms with Crippen LogP contribution in [0, 0.1) is 5.82 Å². The number of esters is 1. The van der Waals surface area contributed by atoms with E-state index in [9.17, 15) is 14.3 Å². The molecule has 106 valence electrons. The summed E-state index contributed by atoms with van der Waals surface area (Å²) in [6, 6.07) is 4.53. The van der Waals surface area contributed by atoms with Crippen LogP contribution in [0.1, 0.15) is 39.4 Å². The maximum Gasteiger partial charge on any atom is 0.316 e. The average Bonchev–Trinajstić information content (AvgIpc) is 2.23. The normalized spacial score (nSPS) is 13.2. The Balaban J connectivity index is 2.73. The Morgan fingerprint density at radius 3 is 2.63 bits per heavy atom. The maximum atomic E-state index is 13.6. The molecule has 0 fully saturated rings. The van der Waals surface area contributed by atoms with E-state index in [-0.39, 0.29) is 17.3 Å². The zero-order valence-electron chi connectivity index (χ0n) is 11.6. The van der Waals surface area contributed by atoms with E-state index in [0.717, 1.165) is 11.8 Å². The van der Waals surface area contributed by atoms with Gasteiger partial charge in [0.1, 0.15) is 11.4 Å². The van der Waals surface area contributed by atoms with E-state index in [1.54, 1.807) is 32.9 Å². The standard InChI is InChI=1S/C14H19FO3S/c1-9(16)13-10(15)6-5-7-11(13)19-8-12(17)18-14(2,3)4/h5-7,9,16H,8H2,1-4H3. The molecule has 1 aromatic carbocycles. The molecular weight excluding hydrogens is 267 g/mol. The largest absolute Gasteiger partial charge is 0.459 e. The van der Waals surface area contributed by atoms with E-state index in [4.69, 9.17) is 4.74 Å². The van der Waals surface area contributed by atoms with Crippen LogP contribution in [-0.4, -0.2) is 22.4 Å². The van der Waals surface area contributed by atoms with Crippen molar-refractivity contribution < 1.29 is 19.0 Å². The van der Waals surface area contributed by atoms with Gasteiger partial charge in [-0.3, -0.25) is 4.79 Å². The van der Waals surface area contributed by atoms with Gasteiger partial charge in [0.15, 0.2) is 0 Å². The molecule has 1 aromatic rings. The number of thioether (sulfide) groups is 1. The summed E-state index contributed by atoms with van der Waals surface area (Å²) in [6.45, 7) is 6.87. The Kier molecular flexibility index (Phi) is 5.38. The second-order valence-corrected chi connectivity index (χ2v) is 6.22. The molecule has 0 aliphatic heterocycles. The predicted molar refractivity (Wildman–Crippen MR) is 73.6 cm³/mol. The average molecular weight is 286 g/mol. The van der Waals surface area contributed by atoms with Crippen molar-refractivity contribution >= 4 is 17.7 Å². The van der Waals surface area contributed by atoms with Crippen molar-refractivity contribution in [3.63, 3.8) is 0 Å². The minimum Gasteiger partial charge on any atom is -0.459 e. The van der Waals surface area contributed by atoms with Gasteiger partial charge >= 0.3 is 5.97 Å². The summed E-state index contributed by atoms with van der Waals surface area (Å²) in [6.07, 6.45) is -0.915. The summed E-state index contributed by atoms with van der Waals surface area (Å²) >= 11 is 1.16. The molecule has 0 aromatic heterocycles. The summed E-state index contributed by atoms with van der Waals surface area (Å²) in [5.41, 5.74) is -0.316. The van der Waals surface area contributed by atoms with Gasteiger partial charge in [0.2, 0.25) is 0 Å². The van der Waals surface area contributed by atoms with Crippen LogP contribution < -0.4 is 0 Å². The van der Waals surface area contributed by atoms with Gasteiger partial charge in [-0.05, 0) is 39.8 Å². The zero-order valence-corrected chi connectivity index (χ0v) is 12.4. The van der Waals surface area contributed by atoms with Gasteiger partial charge in [0.05, 0.1) is 11.9 Å². The van der Waals surface area contributed by atoms with Gasteiger partial charge in [0.25, 0.3) is 0 Å². The highest BCUT2D eigenvalue weighted by Crippen LogP contribution is 2.30. The molecule has 19 heavy (non-hydrogen) atoms. The van der Waals surface area contributed by atoms with Crippen LogP contribution in [0.15, 0.2) is 23.1 Å². The van der Waals surface area contributed by atoms with Crippen molar-refractivity contribution in [2.75, 3.05) is 5.75 Å². The number of halogens is 1. The second kappa shape index (κ2) is 6.39. The number of aliphatic hydroxyl groups excluding tert-OH is 1. The lowest BCUT2D eigenvalue weighted by atomic mass is 10.1. The first-order valence-electron chi connectivity index (χ1n) is 6.02. The quantitative estimate of drug-likeness (QED) is 0.681. The smallest absolute Gasteiger partial charge is 0.316 e. The third-order valence-electron chi connectivity index (χ3n) is 2.20. The zero-order chi connectivity index (χ0) is 14.6. The molecule has 0 aliphatic carbocycles. The summed E-state index contributed by atoms with van der Waals surface area (Å²) in [5.74, 6) is -0.747. The molecule has 3 nitrogen and oxygen atoms in total. The van der Waals surface area contributed by atoms with Gasteiger partial charge < -0.3 is 9.84 Å². The summed E-state index contributed by atoms with van der Waals surface area (Å²) < 4.78 is 18.8. The fraction of sp³-hybridized carbons (Fsp3) is 0.500. The Morgan fingerprint density at radius 1 is 1.47 bits per heavy atom. The van der Waals surface area contributed by atoms with E-state index >= 15 is 0 Å². The first-order valence-corrected chi connectivity index (χ1v) is 7.00. The van der Waals surface area contributed by atoms with E-state index in [1.165, 1.54) is 13.0 Å². The highest BCUT2D eigenvalue weighted by Gasteiger charge is 2.18. The Bertz CT molecular complexity index is 452. The number of carbonyl (C=O) groups excluding carboxylic acids is 1.